The molecule has 0 spiro atoms. The summed E-state index contributed by atoms with van der Waals surface area (Å²) in [6.45, 7) is 3.39. The number of H-pyrrole nitrogens is 1. The first-order valence-electron chi connectivity index (χ1n) is 14.8. The summed E-state index contributed by atoms with van der Waals surface area (Å²) in [6, 6.07) is 35.9. The standard InChI is InChI=1S/C35H36N4O4/c40-34-36-32-16-7-8-17-33(32)39(34)29-18-20-38(21-19-29)35(41)42-23-22-37(25-27-10-3-1-4-11-27)26-28-12-9-15-31(24-28)43-30-13-5-2-6-14-30/h1-17,24,29H,18-23,25-26H2,(H,36,40). The van der Waals surface area contributed by atoms with Crippen LogP contribution in [0.3, 0.4) is 0 Å². The number of benzene rings is 4. The number of carbonyl (C=O) groups excluding carboxylic acids is 1. The van der Waals surface area contributed by atoms with Gasteiger partial charge in [0, 0.05) is 38.8 Å². The normalized spacial score (nSPS) is 13.8. The molecule has 6 rings (SSSR count). The number of amides is 1. The van der Waals surface area contributed by atoms with Crippen molar-refractivity contribution in [2.75, 3.05) is 26.2 Å². The van der Waals surface area contributed by atoms with Gasteiger partial charge in [-0.15, -0.1) is 0 Å². The lowest BCUT2D eigenvalue weighted by molar-refractivity contribution is 0.0769. The van der Waals surface area contributed by atoms with Crippen LogP contribution in [0.25, 0.3) is 11.0 Å². The monoisotopic (exact) mass is 576 g/mol. The zero-order valence-corrected chi connectivity index (χ0v) is 24.1. The molecule has 0 atom stereocenters. The number of aromatic nitrogens is 2. The van der Waals surface area contributed by atoms with Crippen molar-refractivity contribution in [2.24, 2.45) is 0 Å². The maximum atomic E-state index is 13.0. The lowest BCUT2D eigenvalue weighted by atomic mass is 10.0. The van der Waals surface area contributed by atoms with E-state index in [0.717, 1.165) is 34.6 Å². The molecule has 8 nitrogen and oxygen atoms in total. The molecule has 1 amide bonds. The molecule has 1 saturated heterocycles. The van der Waals surface area contributed by atoms with Crippen molar-refractivity contribution in [3.63, 3.8) is 0 Å². The van der Waals surface area contributed by atoms with E-state index in [1.54, 1.807) is 4.90 Å². The van der Waals surface area contributed by atoms with E-state index in [-0.39, 0.29) is 24.4 Å². The van der Waals surface area contributed by atoms with Crippen molar-refractivity contribution in [2.45, 2.75) is 32.0 Å². The highest BCUT2D eigenvalue weighted by Crippen LogP contribution is 2.26. The summed E-state index contributed by atoms with van der Waals surface area (Å²) in [5.74, 6) is 1.58. The molecule has 0 unspecified atom stereocenters. The van der Waals surface area contributed by atoms with Gasteiger partial charge in [-0.1, -0.05) is 72.8 Å². The summed E-state index contributed by atoms with van der Waals surface area (Å²) in [7, 11) is 0. The molecule has 1 aliphatic heterocycles. The molecule has 220 valence electrons. The molecule has 0 aliphatic carbocycles. The molecule has 0 bridgehead atoms. The van der Waals surface area contributed by atoms with E-state index in [4.69, 9.17) is 9.47 Å². The van der Waals surface area contributed by atoms with Crippen LogP contribution in [0.1, 0.15) is 30.0 Å². The zero-order chi connectivity index (χ0) is 29.4. The van der Waals surface area contributed by atoms with E-state index in [1.807, 2.05) is 89.5 Å². The van der Waals surface area contributed by atoms with Crippen LogP contribution in [0.4, 0.5) is 4.79 Å². The number of carbonyl (C=O) groups is 1. The highest BCUT2D eigenvalue weighted by atomic mass is 16.6. The molecular weight excluding hydrogens is 540 g/mol. The van der Waals surface area contributed by atoms with Crippen LogP contribution in [0.5, 0.6) is 11.5 Å². The Morgan fingerprint density at radius 3 is 2.23 bits per heavy atom. The number of aromatic amines is 1. The quantitative estimate of drug-likeness (QED) is 0.203. The molecule has 1 aliphatic rings. The van der Waals surface area contributed by atoms with E-state index in [1.165, 1.54) is 5.56 Å². The minimum atomic E-state index is -0.303. The Kier molecular flexibility index (Phi) is 8.85. The van der Waals surface area contributed by atoms with E-state index in [2.05, 4.69) is 34.1 Å². The van der Waals surface area contributed by atoms with Crippen molar-refractivity contribution in [1.29, 1.82) is 0 Å². The third-order valence-electron chi connectivity index (χ3n) is 7.88. The molecule has 0 saturated carbocycles. The van der Waals surface area contributed by atoms with Crippen LogP contribution in [0.2, 0.25) is 0 Å². The molecule has 4 aromatic carbocycles. The maximum Gasteiger partial charge on any atom is 0.409 e. The van der Waals surface area contributed by atoms with Crippen LogP contribution in [0, 0.1) is 0 Å². The Balaban J connectivity index is 1.04. The van der Waals surface area contributed by atoms with Gasteiger partial charge in [0.15, 0.2) is 0 Å². The van der Waals surface area contributed by atoms with Gasteiger partial charge in [0.25, 0.3) is 0 Å². The Labute approximate surface area is 251 Å². The molecule has 0 radical (unpaired) electrons. The molecule has 43 heavy (non-hydrogen) atoms. The van der Waals surface area contributed by atoms with Gasteiger partial charge < -0.3 is 19.4 Å². The second kappa shape index (κ2) is 13.4. The van der Waals surface area contributed by atoms with Crippen molar-refractivity contribution < 1.29 is 14.3 Å². The average Bonchev–Trinajstić information content (AvgIpc) is 3.38. The number of nitrogens with one attached hydrogen (secondary N) is 1. The van der Waals surface area contributed by atoms with Crippen LogP contribution in [-0.2, 0) is 17.8 Å². The van der Waals surface area contributed by atoms with E-state index >= 15 is 0 Å². The third-order valence-corrected chi connectivity index (χ3v) is 7.88. The first kappa shape index (κ1) is 28.3. The fourth-order valence-electron chi connectivity index (χ4n) is 5.74. The topological polar surface area (TPSA) is 79.8 Å². The number of hydrogen-bond donors (Lipinski definition) is 1. The van der Waals surface area contributed by atoms with Crippen molar-refractivity contribution in [3.05, 3.63) is 131 Å². The number of likely N-dealkylation sites (tertiary alicyclic amines) is 1. The zero-order valence-electron chi connectivity index (χ0n) is 24.1. The molecule has 2 heterocycles. The molecule has 8 heteroatoms. The molecule has 1 fully saturated rings. The Bertz CT molecular complexity index is 1690. The van der Waals surface area contributed by atoms with E-state index < -0.39 is 0 Å². The SMILES string of the molecule is O=C(OCCN(Cc1ccccc1)Cc1cccc(Oc2ccccc2)c1)N1CCC(n2c(=O)[nH]c3ccccc32)CC1. The molecule has 5 aromatic rings. The van der Waals surface area contributed by atoms with Crippen LogP contribution in [0.15, 0.2) is 114 Å². The largest absolute Gasteiger partial charge is 0.457 e. The Morgan fingerprint density at radius 1 is 0.791 bits per heavy atom. The highest BCUT2D eigenvalue weighted by Gasteiger charge is 2.27. The number of nitrogens with zero attached hydrogens (tertiary/aromatic N) is 3. The maximum absolute atomic E-state index is 13.0. The number of fused-ring (bicyclic) bond motifs is 1. The number of para-hydroxylation sites is 3. The van der Waals surface area contributed by atoms with Gasteiger partial charge in [0.2, 0.25) is 0 Å². The van der Waals surface area contributed by atoms with Crippen molar-refractivity contribution in [3.8, 4) is 11.5 Å². The van der Waals surface area contributed by atoms with Gasteiger partial charge in [-0.2, -0.15) is 0 Å². The van der Waals surface area contributed by atoms with Gasteiger partial charge in [-0.05, 0) is 60.4 Å². The predicted molar refractivity (Wildman–Crippen MR) is 167 cm³/mol. The number of ether oxygens (including phenoxy) is 2. The third kappa shape index (κ3) is 7.16. The van der Waals surface area contributed by atoms with Crippen molar-refractivity contribution >= 4 is 17.1 Å². The van der Waals surface area contributed by atoms with Gasteiger partial charge >= 0.3 is 11.8 Å². The minimum Gasteiger partial charge on any atom is -0.457 e. The van der Waals surface area contributed by atoms with Gasteiger partial charge in [0.1, 0.15) is 18.1 Å². The van der Waals surface area contributed by atoms with E-state index in [9.17, 15) is 9.59 Å². The fourth-order valence-corrected chi connectivity index (χ4v) is 5.74. The first-order chi connectivity index (χ1) is 21.1. The average molecular weight is 577 g/mol. The van der Waals surface area contributed by atoms with E-state index in [0.29, 0.717) is 39.0 Å². The number of imidazole rings is 1. The van der Waals surface area contributed by atoms with Crippen LogP contribution >= 0.6 is 0 Å². The smallest absolute Gasteiger partial charge is 0.409 e. The second-order valence-corrected chi connectivity index (χ2v) is 10.9. The first-order valence-corrected chi connectivity index (χ1v) is 14.8. The van der Waals surface area contributed by atoms with Crippen molar-refractivity contribution in [1.82, 2.24) is 19.4 Å². The summed E-state index contributed by atoms with van der Waals surface area (Å²) in [4.78, 5) is 32.6. The predicted octanol–water partition coefficient (Wildman–Crippen LogP) is 6.60. The van der Waals surface area contributed by atoms with Gasteiger partial charge in [-0.25, -0.2) is 9.59 Å². The summed E-state index contributed by atoms with van der Waals surface area (Å²) in [5, 5.41) is 0. The molecule has 1 aromatic heterocycles. The molecular formula is C35H36N4O4. The van der Waals surface area contributed by atoms with Crippen LogP contribution in [-0.4, -0.2) is 51.7 Å². The summed E-state index contributed by atoms with van der Waals surface area (Å²) >= 11 is 0. The lowest BCUT2D eigenvalue weighted by Gasteiger charge is -2.32. The van der Waals surface area contributed by atoms with Gasteiger partial charge in [-0.3, -0.25) is 9.47 Å². The number of hydrogen-bond acceptors (Lipinski definition) is 5. The molecule has 1 N–H and O–H groups in total. The van der Waals surface area contributed by atoms with Crippen LogP contribution < -0.4 is 10.4 Å². The summed E-state index contributed by atoms with van der Waals surface area (Å²) in [6.07, 6.45) is 1.11. The fraction of sp³-hybridized carbons (Fsp3) is 0.257. The van der Waals surface area contributed by atoms with Gasteiger partial charge in [0.05, 0.1) is 11.0 Å². The Morgan fingerprint density at radius 2 is 1.44 bits per heavy atom. The minimum absolute atomic E-state index is 0.0516. The highest BCUT2D eigenvalue weighted by molar-refractivity contribution is 5.75. The Hall–Kier alpha value is -4.82. The summed E-state index contributed by atoms with van der Waals surface area (Å²) < 4.78 is 13.6. The number of piperidine rings is 1. The second-order valence-electron chi connectivity index (χ2n) is 10.9. The number of rotatable bonds is 10. The lowest BCUT2D eigenvalue weighted by Crippen LogP contribution is -2.41. The summed E-state index contributed by atoms with van der Waals surface area (Å²) in [5.41, 5.74) is 3.96.